The third-order valence-corrected chi connectivity index (χ3v) is 2.75. The lowest BCUT2D eigenvalue weighted by atomic mass is 10.1. The summed E-state index contributed by atoms with van der Waals surface area (Å²) in [4.78, 5) is 10.8. The first kappa shape index (κ1) is 13.2. The normalized spacial score (nSPS) is 10.6. The van der Waals surface area contributed by atoms with Crippen molar-refractivity contribution in [2.75, 3.05) is 13.7 Å². The van der Waals surface area contributed by atoms with E-state index >= 15 is 0 Å². The van der Waals surface area contributed by atoms with Gasteiger partial charge < -0.3 is 9.84 Å². The molecule has 1 N–H and O–H groups in total. The Morgan fingerprint density at radius 2 is 2.21 bits per heavy atom. The van der Waals surface area contributed by atoms with Crippen LogP contribution < -0.4 is 0 Å². The smallest absolute Gasteiger partial charge is 0.309 e. The molecule has 0 aliphatic carbocycles. The quantitative estimate of drug-likeness (QED) is 0.842. The summed E-state index contributed by atoms with van der Waals surface area (Å²) in [5.74, 6) is -0.905. The van der Waals surface area contributed by atoms with Crippen LogP contribution in [-0.4, -0.2) is 39.8 Å². The molecule has 0 atom stereocenters. The number of carboxylic acid groups (broad SMARTS) is 1. The van der Waals surface area contributed by atoms with E-state index in [4.69, 9.17) is 9.84 Å². The van der Waals surface area contributed by atoms with Crippen molar-refractivity contribution in [1.29, 1.82) is 0 Å². The van der Waals surface area contributed by atoms with Crippen LogP contribution in [0.2, 0.25) is 0 Å². The van der Waals surface area contributed by atoms with E-state index in [-0.39, 0.29) is 6.42 Å². The summed E-state index contributed by atoms with van der Waals surface area (Å²) < 4.78 is 6.64. The molecule has 0 fully saturated rings. The Kier molecular flexibility index (Phi) is 4.25. The highest BCUT2D eigenvalue weighted by Gasteiger charge is 2.12. The molecule has 19 heavy (non-hydrogen) atoms. The summed E-state index contributed by atoms with van der Waals surface area (Å²) in [6, 6.07) is 7.69. The number of aliphatic carboxylic acids is 1. The van der Waals surface area contributed by atoms with Crippen molar-refractivity contribution in [3.05, 3.63) is 41.7 Å². The molecular weight excluding hydrogens is 246 g/mol. The van der Waals surface area contributed by atoms with Gasteiger partial charge in [0.15, 0.2) is 0 Å². The predicted molar refractivity (Wildman–Crippen MR) is 68.3 cm³/mol. The van der Waals surface area contributed by atoms with Crippen molar-refractivity contribution in [3.8, 4) is 5.69 Å². The first-order chi connectivity index (χ1) is 9.22. The minimum Gasteiger partial charge on any atom is -0.481 e. The largest absolute Gasteiger partial charge is 0.481 e. The molecule has 2 rings (SSSR count). The van der Waals surface area contributed by atoms with E-state index in [1.165, 1.54) is 6.20 Å². The highest BCUT2D eigenvalue weighted by atomic mass is 16.5. The van der Waals surface area contributed by atoms with Crippen molar-refractivity contribution >= 4 is 5.97 Å². The Morgan fingerprint density at radius 1 is 1.42 bits per heavy atom. The van der Waals surface area contributed by atoms with E-state index in [0.717, 1.165) is 17.7 Å². The molecule has 0 unspecified atom stereocenters. The Hall–Kier alpha value is -2.21. The van der Waals surface area contributed by atoms with Crippen LogP contribution in [0.1, 0.15) is 11.3 Å². The fraction of sp³-hybridized carbons (Fsp3) is 0.308. The number of carbonyl (C=O) groups is 1. The van der Waals surface area contributed by atoms with Gasteiger partial charge in [-0.05, 0) is 18.1 Å². The molecule has 1 aromatic carbocycles. The Labute approximate surface area is 110 Å². The van der Waals surface area contributed by atoms with E-state index in [9.17, 15) is 4.79 Å². The van der Waals surface area contributed by atoms with Gasteiger partial charge in [0.2, 0.25) is 0 Å². The number of hydrogen-bond acceptors (Lipinski definition) is 4. The number of rotatable bonds is 6. The summed E-state index contributed by atoms with van der Waals surface area (Å²) in [6.07, 6.45) is 2.10. The first-order valence-electron chi connectivity index (χ1n) is 5.91. The molecule has 2 aromatic rings. The highest BCUT2D eigenvalue weighted by molar-refractivity contribution is 5.69. The fourth-order valence-corrected chi connectivity index (χ4v) is 1.88. The number of nitrogens with zero attached hydrogens (tertiary/aromatic N) is 3. The second-order valence-electron chi connectivity index (χ2n) is 4.08. The molecular formula is C13H15N3O3. The summed E-state index contributed by atoms with van der Waals surface area (Å²) in [5.41, 5.74) is 2.44. The van der Waals surface area contributed by atoms with Gasteiger partial charge in [-0.15, -0.1) is 5.10 Å². The topological polar surface area (TPSA) is 77.2 Å². The lowest BCUT2D eigenvalue weighted by Crippen LogP contribution is -2.10. The van der Waals surface area contributed by atoms with Gasteiger partial charge in [-0.2, -0.15) is 0 Å². The van der Waals surface area contributed by atoms with Crippen LogP contribution >= 0.6 is 0 Å². The van der Waals surface area contributed by atoms with Gasteiger partial charge >= 0.3 is 5.97 Å². The minimum absolute atomic E-state index is 0.106. The number of hydrogen-bond donors (Lipinski definition) is 1. The maximum atomic E-state index is 10.8. The number of aromatic nitrogens is 3. The summed E-state index contributed by atoms with van der Waals surface area (Å²) in [6.45, 7) is 0.597. The van der Waals surface area contributed by atoms with Crippen LogP contribution in [0.3, 0.4) is 0 Å². The molecule has 0 aliphatic rings. The van der Waals surface area contributed by atoms with Gasteiger partial charge in [-0.3, -0.25) is 4.79 Å². The van der Waals surface area contributed by atoms with Crippen LogP contribution in [0.5, 0.6) is 0 Å². The number of methoxy groups -OCH3 is 1. The van der Waals surface area contributed by atoms with E-state index in [1.54, 1.807) is 11.8 Å². The number of para-hydroxylation sites is 1. The maximum Gasteiger partial charge on any atom is 0.309 e. The van der Waals surface area contributed by atoms with E-state index in [0.29, 0.717) is 12.3 Å². The second-order valence-corrected chi connectivity index (χ2v) is 4.08. The van der Waals surface area contributed by atoms with Gasteiger partial charge in [0, 0.05) is 7.11 Å². The van der Waals surface area contributed by atoms with Crippen molar-refractivity contribution in [1.82, 2.24) is 15.0 Å². The van der Waals surface area contributed by atoms with Gasteiger partial charge in [0.25, 0.3) is 0 Å². The molecule has 1 heterocycles. The third-order valence-electron chi connectivity index (χ3n) is 2.75. The van der Waals surface area contributed by atoms with E-state index in [1.807, 2.05) is 24.3 Å². The third kappa shape index (κ3) is 3.17. The SMILES string of the molecule is COCCc1ccccc1-n1nncc1CC(=O)O. The predicted octanol–water partition coefficient (Wildman–Crippen LogP) is 1.08. The number of ether oxygens (including phenoxy) is 1. The average Bonchev–Trinajstić information content (AvgIpc) is 2.84. The summed E-state index contributed by atoms with van der Waals surface area (Å²) >= 11 is 0. The Morgan fingerprint density at radius 3 is 2.95 bits per heavy atom. The van der Waals surface area contributed by atoms with Crippen LogP contribution in [-0.2, 0) is 22.4 Å². The van der Waals surface area contributed by atoms with Crippen LogP contribution in [0.25, 0.3) is 5.69 Å². The highest BCUT2D eigenvalue weighted by Crippen LogP contribution is 2.16. The van der Waals surface area contributed by atoms with Crippen molar-refractivity contribution < 1.29 is 14.6 Å². The molecule has 6 nitrogen and oxygen atoms in total. The van der Waals surface area contributed by atoms with Crippen LogP contribution in [0, 0.1) is 0 Å². The van der Waals surface area contributed by atoms with Gasteiger partial charge in [-0.1, -0.05) is 23.4 Å². The molecule has 1 aromatic heterocycles. The molecule has 0 saturated heterocycles. The van der Waals surface area contributed by atoms with E-state index in [2.05, 4.69) is 10.3 Å². The number of carboxylic acids is 1. The van der Waals surface area contributed by atoms with Crippen LogP contribution in [0.15, 0.2) is 30.5 Å². The average molecular weight is 261 g/mol. The zero-order valence-electron chi connectivity index (χ0n) is 10.6. The lowest BCUT2D eigenvalue weighted by molar-refractivity contribution is -0.136. The van der Waals surface area contributed by atoms with Gasteiger partial charge in [0.1, 0.15) is 0 Å². The fourth-order valence-electron chi connectivity index (χ4n) is 1.88. The zero-order chi connectivity index (χ0) is 13.7. The van der Waals surface area contributed by atoms with Crippen LogP contribution in [0.4, 0.5) is 0 Å². The molecule has 100 valence electrons. The molecule has 0 spiro atoms. The first-order valence-corrected chi connectivity index (χ1v) is 5.91. The maximum absolute atomic E-state index is 10.8. The molecule has 0 radical (unpaired) electrons. The molecule has 0 aliphatic heterocycles. The summed E-state index contributed by atoms with van der Waals surface area (Å²) in [5, 5.41) is 16.6. The molecule has 0 saturated carbocycles. The molecule has 0 bridgehead atoms. The lowest BCUT2D eigenvalue weighted by Gasteiger charge is -2.10. The monoisotopic (exact) mass is 261 g/mol. The van der Waals surface area contributed by atoms with Crippen molar-refractivity contribution in [2.24, 2.45) is 0 Å². The standard InChI is InChI=1S/C13H15N3O3/c1-19-7-6-10-4-2-3-5-12(10)16-11(8-13(17)18)9-14-15-16/h2-5,9H,6-8H2,1H3,(H,17,18). The molecule has 6 heteroatoms. The minimum atomic E-state index is -0.905. The second kappa shape index (κ2) is 6.10. The van der Waals surface area contributed by atoms with Gasteiger partial charge in [-0.25, -0.2) is 4.68 Å². The van der Waals surface area contributed by atoms with Gasteiger partial charge in [0.05, 0.1) is 30.6 Å². The number of benzene rings is 1. The Bertz CT molecular complexity index is 566. The molecule has 0 amide bonds. The Balaban J connectivity index is 2.35. The van der Waals surface area contributed by atoms with Crippen molar-refractivity contribution in [2.45, 2.75) is 12.8 Å². The van der Waals surface area contributed by atoms with Crippen molar-refractivity contribution in [3.63, 3.8) is 0 Å². The van der Waals surface area contributed by atoms with E-state index < -0.39 is 5.97 Å². The zero-order valence-corrected chi connectivity index (χ0v) is 10.6. The summed E-state index contributed by atoms with van der Waals surface area (Å²) in [7, 11) is 1.65.